The largest absolute Gasteiger partial charge is 0.481 e. The molecule has 3 unspecified atom stereocenters. The SMILES string of the molecule is CC(C1CCCO1)P(=O)(O)Nc1ccccc1CC(=O)O. The lowest BCUT2D eigenvalue weighted by Crippen LogP contribution is -2.25. The summed E-state index contributed by atoms with van der Waals surface area (Å²) in [5.74, 6) is -0.982. The standard InChI is InChI=1S/C14H20NO5P/c1-10(13-7-4-8-20-13)21(18,19)15-12-6-3-2-5-11(12)9-14(16)17/h2-3,5-6,10,13H,4,7-9H2,1H3,(H,16,17)(H2,15,18,19). The van der Waals surface area contributed by atoms with Crippen LogP contribution in [0.2, 0.25) is 0 Å². The van der Waals surface area contributed by atoms with Crippen molar-refractivity contribution in [3.63, 3.8) is 0 Å². The first-order chi connectivity index (χ1) is 9.90. The highest BCUT2D eigenvalue weighted by molar-refractivity contribution is 7.60. The Kier molecular flexibility index (Phi) is 5.04. The molecule has 1 aromatic rings. The van der Waals surface area contributed by atoms with E-state index in [1.807, 2.05) is 0 Å². The van der Waals surface area contributed by atoms with Gasteiger partial charge < -0.3 is 19.8 Å². The second-order valence-electron chi connectivity index (χ2n) is 5.25. The molecule has 116 valence electrons. The number of ether oxygens (including phenoxy) is 1. The molecule has 0 amide bonds. The maximum absolute atomic E-state index is 12.5. The maximum Gasteiger partial charge on any atom is 0.307 e. The summed E-state index contributed by atoms with van der Waals surface area (Å²) >= 11 is 0. The van der Waals surface area contributed by atoms with Crippen molar-refractivity contribution >= 4 is 19.2 Å². The van der Waals surface area contributed by atoms with E-state index in [2.05, 4.69) is 5.09 Å². The molecule has 2 rings (SSSR count). The Hall–Kier alpha value is -1.36. The van der Waals surface area contributed by atoms with Gasteiger partial charge in [-0.15, -0.1) is 0 Å². The zero-order valence-electron chi connectivity index (χ0n) is 11.9. The van der Waals surface area contributed by atoms with Crippen LogP contribution in [0.1, 0.15) is 25.3 Å². The Bertz CT molecular complexity index is 556. The van der Waals surface area contributed by atoms with E-state index in [1.54, 1.807) is 31.2 Å². The van der Waals surface area contributed by atoms with E-state index in [0.717, 1.165) is 12.8 Å². The quantitative estimate of drug-likeness (QED) is 0.698. The highest BCUT2D eigenvalue weighted by Gasteiger charge is 2.36. The van der Waals surface area contributed by atoms with Crippen molar-refractivity contribution in [2.45, 2.75) is 37.9 Å². The van der Waals surface area contributed by atoms with Crippen LogP contribution in [-0.4, -0.2) is 34.3 Å². The summed E-state index contributed by atoms with van der Waals surface area (Å²) in [6.45, 7) is 2.30. The number of carbonyl (C=O) groups is 1. The number of benzene rings is 1. The zero-order valence-corrected chi connectivity index (χ0v) is 12.8. The summed E-state index contributed by atoms with van der Waals surface area (Å²) in [6.07, 6.45) is 1.23. The number of carboxylic acids is 1. The Balaban J connectivity index is 2.15. The minimum absolute atomic E-state index is 0.197. The van der Waals surface area contributed by atoms with Crippen LogP contribution in [0.5, 0.6) is 0 Å². The van der Waals surface area contributed by atoms with E-state index in [0.29, 0.717) is 17.9 Å². The van der Waals surface area contributed by atoms with Crippen molar-refractivity contribution in [2.24, 2.45) is 0 Å². The molecular formula is C14H20NO5P. The summed E-state index contributed by atoms with van der Waals surface area (Å²) < 4.78 is 18.0. The van der Waals surface area contributed by atoms with Crippen molar-refractivity contribution < 1.29 is 24.1 Å². The predicted octanol–water partition coefficient (Wildman–Crippen LogP) is 2.48. The molecule has 7 heteroatoms. The molecule has 1 heterocycles. The summed E-state index contributed by atoms with van der Waals surface area (Å²) in [5.41, 5.74) is 0.326. The van der Waals surface area contributed by atoms with Gasteiger partial charge in [0.2, 0.25) is 0 Å². The lowest BCUT2D eigenvalue weighted by atomic mass is 10.1. The molecule has 1 aromatic carbocycles. The van der Waals surface area contributed by atoms with Gasteiger partial charge in [-0.2, -0.15) is 0 Å². The molecule has 1 aliphatic rings. The van der Waals surface area contributed by atoms with Gasteiger partial charge in [0.25, 0.3) is 7.52 Å². The second-order valence-corrected chi connectivity index (χ2v) is 7.54. The van der Waals surface area contributed by atoms with Gasteiger partial charge >= 0.3 is 5.97 Å². The molecule has 3 N–H and O–H groups in total. The summed E-state index contributed by atoms with van der Waals surface area (Å²) in [4.78, 5) is 21.1. The van der Waals surface area contributed by atoms with Gasteiger partial charge in [0.05, 0.1) is 18.2 Å². The van der Waals surface area contributed by atoms with Crippen LogP contribution >= 0.6 is 7.52 Å². The van der Waals surface area contributed by atoms with Gasteiger partial charge in [0.1, 0.15) is 0 Å². The van der Waals surface area contributed by atoms with Gasteiger partial charge in [-0.25, -0.2) is 0 Å². The molecule has 3 atom stereocenters. The van der Waals surface area contributed by atoms with Gasteiger partial charge in [0.15, 0.2) is 0 Å². The first kappa shape index (κ1) is 16.0. The molecule has 0 saturated carbocycles. The summed E-state index contributed by atoms with van der Waals surface area (Å²) in [6, 6.07) is 6.65. The fourth-order valence-corrected chi connectivity index (χ4v) is 3.88. The molecule has 0 radical (unpaired) electrons. The highest BCUT2D eigenvalue weighted by Crippen LogP contribution is 2.49. The van der Waals surface area contributed by atoms with Crippen LogP contribution in [0.15, 0.2) is 24.3 Å². The highest BCUT2D eigenvalue weighted by atomic mass is 31.2. The fraction of sp³-hybridized carbons (Fsp3) is 0.500. The monoisotopic (exact) mass is 313 g/mol. The number of anilines is 1. The van der Waals surface area contributed by atoms with E-state index in [-0.39, 0.29) is 12.5 Å². The van der Waals surface area contributed by atoms with Crippen LogP contribution in [0.4, 0.5) is 5.69 Å². The van der Waals surface area contributed by atoms with Crippen LogP contribution in [0.25, 0.3) is 0 Å². The third-order valence-corrected chi connectivity index (χ3v) is 5.69. The van der Waals surface area contributed by atoms with E-state index in [9.17, 15) is 14.3 Å². The molecular weight excluding hydrogens is 293 g/mol. The number of rotatable bonds is 6. The maximum atomic E-state index is 12.5. The van der Waals surface area contributed by atoms with Gasteiger partial charge in [-0.3, -0.25) is 9.36 Å². The van der Waals surface area contributed by atoms with Crippen molar-refractivity contribution in [2.75, 3.05) is 11.7 Å². The Morgan fingerprint density at radius 1 is 1.52 bits per heavy atom. The van der Waals surface area contributed by atoms with Gasteiger partial charge in [0, 0.05) is 12.3 Å². The Morgan fingerprint density at radius 3 is 2.86 bits per heavy atom. The van der Waals surface area contributed by atoms with Crippen molar-refractivity contribution in [3.05, 3.63) is 29.8 Å². The average Bonchev–Trinajstić information content (AvgIpc) is 2.93. The zero-order chi connectivity index (χ0) is 15.5. The first-order valence-corrected chi connectivity index (χ1v) is 8.65. The Morgan fingerprint density at radius 2 is 2.24 bits per heavy atom. The van der Waals surface area contributed by atoms with Crippen LogP contribution < -0.4 is 5.09 Å². The molecule has 0 spiro atoms. The lowest BCUT2D eigenvalue weighted by Gasteiger charge is -2.26. The normalized spacial score (nSPS) is 22.5. The van der Waals surface area contributed by atoms with Gasteiger partial charge in [-0.05, 0) is 31.4 Å². The van der Waals surface area contributed by atoms with Crippen molar-refractivity contribution in [3.8, 4) is 0 Å². The number of hydrogen-bond donors (Lipinski definition) is 3. The van der Waals surface area contributed by atoms with E-state index < -0.39 is 19.1 Å². The number of para-hydroxylation sites is 1. The third kappa shape index (κ3) is 4.06. The predicted molar refractivity (Wildman–Crippen MR) is 79.7 cm³/mol. The molecule has 0 bridgehead atoms. The second kappa shape index (κ2) is 6.60. The molecule has 6 nitrogen and oxygen atoms in total. The molecule has 1 saturated heterocycles. The lowest BCUT2D eigenvalue weighted by molar-refractivity contribution is -0.136. The van der Waals surface area contributed by atoms with E-state index in [1.165, 1.54) is 0 Å². The first-order valence-electron chi connectivity index (χ1n) is 6.92. The van der Waals surface area contributed by atoms with Crippen LogP contribution in [0, 0.1) is 0 Å². The number of aliphatic carboxylic acids is 1. The fourth-order valence-electron chi connectivity index (χ4n) is 2.43. The van der Waals surface area contributed by atoms with Crippen molar-refractivity contribution in [1.82, 2.24) is 0 Å². The Labute approximate surface area is 123 Å². The molecule has 0 aromatic heterocycles. The minimum Gasteiger partial charge on any atom is -0.481 e. The number of nitrogens with one attached hydrogen (secondary N) is 1. The van der Waals surface area contributed by atoms with Crippen molar-refractivity contribution in [1.29, 1.82) is 0 Å². The van der Waals surface area contributed by atoms with E-state index in [4.69, 9.17) is 9.84 Å². The molecule has 0 aliphatic carbocycles. The number of hydrogen-bond acceptors (Lipinski definition) is 3. The molecule has 21 heavy (non-hydrogen) atoms. The van der Waals surface area contributed by atoms with Crippen LogP contribution in [0.3, 0.4) is 0 Å². The smallest absolute Gasteiger partial charge is 0.307 e. The number of carboxylic acid groups (broad SMARTS) is 1. The minimum atomic E-state index is -3.69. The van der Waals surface area contributed by atoms with Gasteiger partial charge in [-0.1, -0.05) is 18.2 Å². The van der Waals surface area contributed by atoms with Crippen LogP contribution in [-0.2, 0) is 20.5 Å². The van der Waals surface area contributed by atoms with E-state index >= 15 is 0 Å². The molecule has 1 fully saturated rings. The topological polar surface area (TPSA) is 95.9 Å². The molecule has 1 aliphatic heterocycles. The average molecular weight is 313 g/mol. The summed E-state index contributed by atoms with van der Waals surface area (Å²) in [5, 5.41) is 11.5. The summed E-state index contributed by atoms with van der Waals surface area (Å²) in [7, 11) is -3.69. The third-order valence-electron chi connectivity index (χ3n) is 3.69.